The number of hydrogen-bond donors (Lipinski definition) is 3. The average molecular weight is 264 g/mol. The molecule has 0 aliphatic heterocycles. The smallest absolute Gasteiger partial charge is 0.136 e. The molecule has 0 radical (unpaired) electrons. The summed E-state index contributed by atoms with van der Waals surface area (Å²) in [7, 11) is 0. The van der Waals surface area contributed by atoms with Crippen molar-refractivity contribution in [1.82, 2.24) is 9.97 Å². The zero-order valence-corrected chi connectivity index (χ0v) is 12.0. The van der Waals surface area contributed by atoms with Gasteiger partial charge in [0.25, 0.3) is 0 Å². The molecular formula is C14H24N4O. The SMILES string of the molecule is CCCNc1nc(C2CC2)nc(NCC(C)O)c1C. The molecule has 19 heavy (non-hydrogen) atoms. The molecule has 1 aromatic rings. The van der Waals surface area contributed by atoms with Gasteiger partial charge in [-0.2, -0.15) is 0 Å². The van der Waals surface area contributed by atoms with Crippen molar-refractivity contribution in [1.29, 1.82) is 0 Å². The minimum Gasteiger partial charge on any atom is -0.392 e. The van der Waals surface area contributed by atoms with E-state index in [4.69, 9.17) is 0 Å². The lowest BCUT2D eigenvalue weighted by Gasteiger charge is -2.15. The molecule has 5 heteroatoms. The van der Waals surface area contributed by atoms with Gasteiger partial charge in [-0.1, -0.05) is 6.92 Å². The van der Waals surface area contributed by atoms with Crippen LogP contribution in [-0.4, -0.2) is 34.3 Å². The Kier molecular flexibility index (Phi) is 4.58. The molecule has 0 aromatic carbocycles. The van der Waals surface area contributed by atoms with Gasteiger partial charge >= 0.3 is 0 Å². The molecule has 5 nitrogen and oxygen atoms in total. The fourth-order valence-corrected chi connectivity index (χ4v) is 1.89. The molecule has 0 spiro atoms. The highest BCUT2D eigenvalue weighted by molar-refractivity contribution is 5.57. The number of aliphatic hydroxyl groups excluding tert-OH is 1. The molecule has 1 aliphatic carbocycles. The van der Waals surface area contributed by atoms with E-state index in [-0.39, 0.29) is 6.10 Å². The number of hydrogen-bond acceptors (Lipinski definition) is 5. The van der Waals surface area contributed by atoms with E-state index in [1.165, 1.54) is 12.8 Å². The van der Waals surface area contributed by atoms with Crippen LogP contribution in [0.15, 0.2) is 0 Å². The largest absolute Gasteiger partial charge is 0.392 e. The van der Waals surface area contributed by atoms with Crippen molar-refractivity contribution < 1.29 is 5.11 Å². The van der Waals surface area contributed by atoms with Crippen molar-refractivity contribution in [3.8, 4) is 0 Å². The van der Waals surface area contributed by atoms with Crippen LogP contribution in [0.5, 0.6) is 0 Å². The Morgan fingerprint density at radius 2 is 1.89 bits per heavy atom. The third-order valence-corrected chi connectivity index (χ3v) is 3.21. The van der Waals surface area contributed by atoms with Gasteiger partial charge in [0.2, 0.25) is 0 Å². The molecule has 0 bridgehead atoms. The van der Waals surface area contributed by atoms with Crippen LogP contribution >= 0.6 is 0 Å². The van der Waals surface area contributed by atoms with Crippen LogP contribution in [0, 0.1) is 6.92 Å². The highest BCUT2D eigenvalue weighted by Gasteiger charge is 2.28. The summed E-state index contributed by atoms with van der Waals surface area (Å²) in [5.41, 5.74) is 1.03. The van der Waals surface area contributed by atoms with Crippen molar-refractivity contribution in [3.63, 3.8) is 0 Å². The molecule has 2 rings (SSSR count). The quantitative estimate of drug-likeness (QED) is 0.705. The molecule has 1 unspecified atom stereocenters. The summed E-state index contributed by atoms with van der Waals surface area (Å²) in [6.45, 7) is 7.34. The molecule has 1 aliphatic rings. The molecule has 1 saturated carbocycles. The zero-order valence-electron chi connectivity index (χ0n) is 12.0. The van der Waals surface area contributed by atoms with E-state index in [1.807, 2.05) is 6.92 Å². The van der Waals surface area contributed by atoms with E-state index in [1.54, 1.807) is 6.92 Å². The molecule has 3 N–H and O–H groups in total. The van der Waals surface area contributed by atoms with E-state index >= 15 is 0 Å². The maximum atomic E-state index is 9.38. The molecule has 1 heterocycles. The lowest BCUT2D eigenvalue weighted by atomic mass is 10.2. The van der Waals surface area contributed by atoms with Gasteiger partial charge < -0.3 is 15.7 Å². The Morgan fingerprint density at radius 1 is 1.26 bits per heavy atom. The number of aromatic nitrogens is 2. The predicted octanol–water partition coefficient (Wildman–Crippen LogP) is 2.28. The molecule has 1 aromatic heterocycles. The molecule has 0 amide bonds. The van der Waals surface area contributed by atoms with E-state index in [0.29, 0.717) is 12.5 Å². The predicted molar refractivity (Wildman–Crippen MR) is 77.7 cm³/mol. The van der Waals surface area contributed by atoms with E-state index < -0.39 is 0 Å². The van der Waals surface area contributed by atoms with Crippen molar-refractivity contribution in [2.75, 3.05) is 23.7 Å². The third kappa shape index (κ3) is 3.80. The first-order chi connectivity index (χ1) is 9.11. The molecule has 1 atom stereocenters. The summed E-state index contributed by atoms with van der Waals surface area (Å²) in [6.07, 6.45) is 3.06. The van der Waals surface area contributed by atoms with Gasteiger partial charge in [-0.25, -0.2) is 9.97 Å². The van der Waals surface area contributed by atoms with E-state index in [2.05, 4.69) is 27.5 Å². The van der Waals surface area contributed by atoms with Gasteiger partial charge in [0.05, 0.1) is 6.10 Å². The summed E-state index contributed by atoms with van der Waals surface area (Å²) in [4.78, 5) is 9.24. The van der Waals surface area contributed by atoms with E-state index in [9.17, 15) is 5.11 Å². The monoisotopic (exact) mass is 264 g/mol. The Morgan fingerprint density at radius 3 is 2.42 bits per heavy atom. The molecule has 106 valence electrons. The summed E-state index contributed by atoms with van der Waals surface area (Å²) < 4.78 is 0. The lowest BCUT2D eigenvalue weighted by molar-refractivity contribution is 0.208. The number of rotatable bonds is 7. The number of aliphatic hydroxyl groups is 1. The second-order valence-corrected chi connectivity index (χ2v) is 5.33. The first-order valence-electron chi connectivity index (χ1n) is 7.16. The maximum absolute atomic E-state index is 9.38. The minimum atomic E-state index is -0.384. The van der Waals surface area contributed by atoms with Crippen LogP contribution in [-0.2, 0) is 0 Å². The first-order valence-corrected chi connectivity index (χ1v) is 7.16. The lowest BCUT2D eigenvalue weighted by Crippen LogP contribution is -2.18. The van der Waals surface area contributed by atoms with Gasteiger partial charge in [-0.05, 0) is 33.1 Å². The van der Waals surface area contributed by atoms with Gasteiger partial charge in [0, 0.05) is 24.6 Å². The van der Waals surface area contributed by atoms with Crippen LogP contribution in [0.3, 0.4) is 0 Å². The Hall–Kier alpha value is -1.36. The summed E-state index contributed by atoms with van der Waals surface area (Å²) in [6, 6.07) is 0. The Labute approximate surface area is 114 Å². The molecule has 1 fully saturated rings. The van der Waals surface area contributed by atoms with E-state index in [0.717, 1.165) is 36.0 Å². The summed E-state index contributed by atoms with van der Waals surface area (Å²) in [5.74, 6) is 3.22. The summed E-state index contributed by atoms with van der Waals surface area (Å²) >= 11 is 0. The van der Waals surface area contributed by atoms with Crippen LogP contribution in [0.2, 0.25) is 0 Å². The average Bonchev–Trinajstić information content (AvgIpc) is 3.20. The standard InChI is InChI=1S/C14H24N4O/c1-4-7-15-12-10(3)13(16-8-9(2)19)18-14(17-12)11-5-6-11/h9,11,19H,4-8H2,1-3H3,(H2,15,16,17,18). The van der Waals surface area contributed by atoms with Crippen molar-refractivity contribution in [2.45, 2.75) is 52.1 Å². The topological polar surface area (TPSA) is 70.1 Å². The van der Waals surface area contributed by atoms with Crippen LogP contribution in [0.25, 0.3) is 0 Å². The minimum absolute atomic E-state index is 0.384. The highest BCUT2D eigenvalue weighted by atomic mass is 16.3. The van der Waals surface area contributed by atoms with Crippen LogP contribution in [0.1, 0.15) is 50.4 Å². The van der Waals surface area contributed by atoms with Crippen molar-refractivity contribution >= 4 is 11.6 Å². The third-order valence-electron chi connectivity index (χ3n) is 3.21. The summed E-state index contributed by atoms with van der Waals surface area (Å²) in [5, 5.41) is 16.0. The number of anilines is 2. The molecular weight excluding hydrogens is 240 g/mol. The second-order valence-electron chi connectivity index (χ2n) is 5.33. The molecule has 0 saturated heterocycles. The van der Waals surface area contributed by atoms with Crippen molar-refractivity contribution in [3.05, 3.63) is 11.4 Å². The van der Waals surface area contributed by atoms with Crippen molar-refractivity contribution in [2.24, 2.45) is 0 Å². The number of nitrogens with zero attached hydrogens (tertiary/aromatic N) is 2. The normalized spacial score (nSPS) is 16.2. The van der Waals surface area contributed by atoms with Gasteiger partial charge in [0.15, 0.2) is 0 Å². The highest BCUT2D eigenvalue weighted by Crippen LogP contribution is 2.39. The Balaban J connectivity index is 2.20. The second kappa shape index (κ2) is 6.19. The van der Waals surface area contributed by atoms with Gasteiger partial charge in [-0.3, -0.25) is 0 Å². The number of nitrogens with one attached hydrogen (secondary N) is 2. The van der Waals surface area contributed by atoms with Gasteiger partial charge in [0.1, 0.15) is 17.5 Å². The Bertz CT molecular complexity index is 430. The maximum Gasteiger partial charge on any atom is 0.136 e. The zero-order chi connectivity index (χ0) is 13.8. The van der Waals surface area contributed by atoms with Crippen LogP contribution < -0.4 is 10.6 Å². The first kappa shape index (κ1) is 14.1. The van der Waals surface area contributed by atoms with Crippen LogP contribution in [0.4, 0.5) is 11.6 Å². The fraction of sp³-hybridized carbons (Fsp3) is 0.714. The fourth-order valence-electron chi connectivity index (χ4n) is 1.89. The van der Waals surface area contributed by atoms with Gasteiger partial charge in [-0.15, -0.1) is 0 Å².